The van der Waals surface area contributed by atoms with Crippen molar-refractivity contribution in [1.82, 2.24) is 10.3 Å². The number of aromatic nitrogens is 1. The average Bonchev–Trinajstić information content (AvgIpc) is 3.06. The van der Waals surface area contributed by atoms with Gasteiger partial charge >= 0.3 is 0 Å². The second-order valence-corrected chi connectivity index (χ2v) is 7.12. The molecular formula is C19H15BrF2N2O3. The molecule has 0 saturated heterocycles. The highest BCUT2D eigenvalue weighted by atomic mass is 79.9. The van der Waals surface area contributed by atoms with E-state index >= 15 is 0 Å². The van der Waals surface area contributed by atoms with E-state index in [9.17, 15) is 13.6 Å². The first-order chi connectivity index (χ1) is 13.0. The molecule has 4 rings (SSSR count). The summed E-state index contributed by atoms with van der Waals surface area (Å²) in [7, 11) is 0. The summed E-state index contributed by atoms with van der Waals surface area (Å²) in [5.41, 5.74) is 2.10. The molecule has 1 aliphatic heterocycles. The van der Waals surface area contributed by atoms with Gasteiger partial charge in [0.2, 0.25) is 0 Å². The molecule has 2 heterocycles. The number of amides is 1. The summed E-state index contributed by atoms with van der Waals surface area (Å²) in [5.74, 6) is -0.549. The summed E-state index contributed by atoms with van der Waals surface area (Å²) in [4.78, 5) is 15.3. The van der Waals surface area contributed by atoms with Crippen LogP contribution in [0.5, 0.6) is 5.75 Å². The molecule has 1 amide bonds. The number of carbonyl (C=O) groups excluding carboxylic acids is 1. The smallest absolute Gasteiger partial charge is 0.267 e. The van der Waals surface area contributed by atoms with E-state index in [1.165, 1.54) is 24.3 Å². The van der Waals surface area contributed by atoms with Crippen LogP contribution >= 0.6 is 15.9 Å². The number of halogens is 3. The molecule has 1 aromatic heterocycles. The Morgan fingerprint density at radius 2 is 2.07 bits per heavy atom. The molecule has 2 N–H and O–H groups in total. The van der Waals surface area contributed by atoms with Gasteiger partial charge in [-0.2, -0.15) is 0 Å². The lowest BCUT2D eigenvalue weighted by molar-refractivity contribution is -0.0172. The first kappa shape index (κ1) is 17.9. The van der Waals surface area contributed by atoms with Gasteiger partial charge in [-0.3, -0.25) is 4.79 Å². The third kappa shape index (κ3) is 3.68. The van der Waals surface area contributed by atoms with Crippen molar-refractivity contribution in [3.8, 4) is 5.75 Å². The summed E-state index contributed by atoms with van der Waals surface area (Å²) < 4.78 is 38.9. The molecule has 2 aromatic carbocycles. The first-order valence-corrected chi connectivity index (χ1v) is 9.08. The van der Waals surface area contributed by atoms with Crippen LogP contribution in [-0.2, 0) is 17.8 Å². The molecule has 140 valence electrons. The molecule has 0 unspecified atom stereocenters. The van der Waals surface area contributed by atoms with Gasteiger partial charge in [-0.15, -0.1) is 0 Å². The van der Waals surface area contributed by atoms with Gasteiger partial charge in [0.05, 0.1) is 12.1 Å². The Balaban J connectivity index is 1.46. The zero-order valence-corrected chi connectivity index (χ0v) is 15.7. The highest BCUT2D eigenvalue weighted by molar-refractivity contribution is 9.10. The fourth-order valence-corrected chi connectivity index (χ4v) is 3.56. The van der Waals surface area contributed by atoms with E-state index in [4.69, 9.17) is 9.47 Å². The van der Waals surface area contributed by atoms with Gasteiger partial charge in [0.25, 0.3) is 5.91 Å². The van der Waals surface area contributed by atoms with Gasteiger partial charge in [0.15, 0.2) is 6.79 Å². The molecule has 0 bridgehead atoms. The van der Waals surface area contributed by atoms with Gasteiger partial charge in [-0.1, -0.05) is 15.9 Å². The summed E-state index contributed by atoms with van der Waals surface area (Å²) in [6.45, 7) is 0.692. The third-order valence-corrected chi connectivity index (χ3v) is 4.79. The molecule has 3 aromatic rings. The minimum absolute atomic E-state index is 0.119. The van der Waals surface area contributed by atoms with E-state index in [2.05, 4.69) is 26.2 Å². The highest BCUT2D eigenvalue weighted by Gasteiger charge is 2.17. The minimum Gasteiger partial charge on any atom is -0.467 e. The van der Waals surface area contributed by atoms with Crippen LogP contribution in [0, 0.1) is 11.6 Å². The molecule has 0 fully saturated rings. The summed E-state index contributed by atoms with van der Waals surface area (Å²) in [6, 6.07) is 7.29. The van der Waals surface area contributed by atoms with E-state index < -0.39 is 5.82 Å². The lowest BCUT2D eigenvalue weighted by atomic mass is 10.1. The van der Waals surface area contributed by atoms with Gasteiger partial charge < -0.3 is 19.8 Å². The number of ether oxygens (including phenoxy) is 2. The maximum atomic E-state index is 14.0. The molecule has 0 spiro atoms. The third-order valence-electron chi connectivity index (χ3n) is 4.33. The van der Waals surface area contributed by atoms with Gasteiger partial charge in [-0.05, 0) is 42.3 Å². The van der Waals surface area contributed by atoms with E-state index in [0.717, 1.165) is 0 Å². The zero-order chi connectivity index (χ0) is 19.0. The number of rotatable bonds is 4. The van der Waals surface area contributed by atoms with Crippen molar-refractivity contribution >= 4 is 32.7 Å². The van der Waals surface area contributed by atoms with E-state index in [-0.39, 0.29) is 30.8 Å². The summed E-state index contributed by atoms with van der Waals surface area (Å²) in [6.07, 6.45) is 0.395. The van der Waals surface area contributed by atoms with Crippen molar-refractivity contribution in [2.75, 3.05) is 13.3 Å². The lowest BCUT2D eigenvalue weighted by Gasteiger charge is -2.20. The molecule has 8 heteroatoms. The molecule has 27 heavy (non-hydrogen) atoms. The molecule has 5 nitrogen and oxygen atoms in total. The van der Waals surface area contributed by atoms with Gasteiger partial charge in [0, 0.05) is 22.0 Å². The second kappa shape index (κ2) is 7.28. The number of aromatic amines is 1. The lowest BCUT2D eigenvalue weighted by Crippen LogP contribution is -2.26. The molecule has 0 radical (unpaired) electrons. The maximum Gasteiger partial charge on any atom is 0.267 e. The van der Waals surface area contributed by atoms with Crippen molar-refractivity contribution in [2.45, 2.75) is 13.0 Å². The normalized spacial score (nSPS) is 13.3. The standard InChI is InChI=1S/C19H15BrF2N2O3/c20-12-5-15(22)14-7-17(24-16(14)6-12)19(25)23-2-1-10-3-13(21)4-11-8-26-9-27-18(10)11/h3-7,24H,1-2,8-9H2,(H,23,25). The average molecular weight is 437 g/mol. The number of benzene rings is 2. The molecule has 0 atom stereocenters. The van der Waals surface area contributed by atoms with E-state index in [1.807, 2.05) is 0 Å². The minimum atomic E-state index is -0.416. The van der Waals surface area contributed by atoms with Gasteiger partial charge in [-0.25, -0.2) is 8.78 Å². The largest absolute Gasteiger partial charge is 0.467 e. The number of carbonyl (C=O) groups is 1. The Labute approximate surface area is 161 Å². The summed E-state index contributed by atoms with van der Waals surface area (Å²) in [5, 5.41) is 3.10. The van der Waals surface area contributed by atoms with Crippen LogP contribution in [0.4, 0.5) is 8.78 Å². The predicted octanol–water partition coefficient (Wildman–Crippen LogP) is 4.05. The van der Waals surface area contributed by atoms with Crippen LogP contribution in [0.25, 0.3) is 10.9 Å². The monoisotopic (exact) mass is 436 g/mol. The van der Waals surface area contributed by atoms with Crippen molar-refractivity contribution < 1.29 is 23.0 Å². The van der Waals surface area contributed by atoms with Crippen LogP contribution in [0.1, 0.15) is 21.6 Å². The SMILES string of the molecule is O=C(NCCc1cc(F)cc2c1OCOC2)c1cc2c(F)cc(Br)cc2[nH]1. The maximum absolute atomic E-state index is 14.0. The molecule has 0 aliphatic carbocycles. The summed E-state index contributed by atoms with van der Waals surface area (Å²) >= 11 is 3.22. The predicted molar refractivity (Wildman–Crippen MR) is 98.7 cm³/mol. The van der Waals surface area contributed by atoms with Crippen molar-refractivity contribution in [3.05, 3.63) is 63.3 Å². The van der Waals surface area contributed by atoms with Crippen LogP contribution in [0.2, 0.25) is 0 Å². The topological polar surface area (TPSA) is 63.4 Å². The highest BCUT2D eigenvalue weighted by Crippen LogP contribution is 2.29. The van der Waals surface area contributed by atoms with Crippen LogP contribution in [0.3, 0.4) is 0 Å². The van der Waals surface area contributed by atoms with E-state index in [0.29, 0.717) is 45.3 Å². The van der Waals surface area contributed by atoms with Crippen LogP contribution < -0.4 is 10.1 Å². The van der Waals surface area contributed by atoms with Gasteiger partial charge in [0.1, 0.15) is 23.1 Å². The van der Waals surface area contributed by atoms with Crippen LogP contribution in [-0.4, -0.2) is 24.2 Å². The zero-order valence-electron chi connectivity index (χ0n) is 14.1. The Hall–Kier alpha value is -2.45. The quantitative estimate of drug-likeness (QED) is 0.648. The number of nitrogens with one attached hydrogen (secondary N) is 2. The van der Waals surface area contributed by atoms with E-state index in [1.54, 1.807) is 6.07 Å². The number of hydrogen-bond acceptors (Lipinski definition) is 3. The molecule has 0 saturated carbocycles. The number of fused-ring (bicyclic) bond motifs is 2. The molecule has 1 aliphatic rings. The number of hydrogen-bond donors (Lipinski definition) is 2. The van der Waals surface area contributed by atoms with Crippen molar-refractivity contribution in [2.24, 2.45) is 0 Å². The van der Waals surface area contributed by atoms with Crippen molar-refractivity contribution in [1.29, 1.82) is 0 Å². The fourth-order valence-electron chi connectivity index (χ4n) is 3.13. The Morgan fingerprint density at radius 3 is 2.93 bits per heavy atom. The van der Waals surface area contributed by atoms with Crippen molar-refractivity contribution in [3.63, 3.8) is 0 Å². The fraction of sp³-hybridized carbons (Fsp3) is 0.211. The second-order valence-electron chi connectivity index (χ2n) is 6.20. The molecular weight excluding hydrogens is 422 g/mol. The Kier molecular flexibility index (Phi) is 4.84. The van der Waals surface area contributed by atoms with Crippen LogP contribution in [0.15, 0.2) is 34.8 Å². The Morgan fingerprint density at radius 1 is 1.22 bits per heavy atom. The first-order valence-electron chi connectivity index (χ1n) is 8.29. The Bertz CT molecular complexity index is 1040. The number of H-pyrrole nitrogens is 1.